The van der Waals surface area contributed by atoms with Crippen LogP contribution in [0.5, 0.6) is 0 Å². The average Bonchev–Trinajstić information content (AvgIpc) is 2.76. The van der Waals surface area contributed by atoms with Gasteiger partial charge in [0.05, 0.1) is 0 Å². The molecule has 0 aliphatic heterocycles. The Kier molecular flexibility index (Phi) is 10.6. The van der Waals surface area contributed by atoms with E-state index in [1.807, 2.05) is 6.08 Å². The van der Waals surface area contributed by atoms with Gasteiger partial charge in [-0.25, -0.2) is 4.39 Å². The normalized spacial score (nSPS) is 24.5. The van der Waals surface area contributed by atoms with Crippen molar-refractivity contribution in [2.24, 2.45) is 11.8 Å². The number of rotatable bonds is 10. The van der Waals surface area contributed by atoms with Crippen LogP contribution in [0.2, 0.25) is 0 Å². The van der Waals surface area contributed by atoms with E-state index in [-0.39, 0.29) is 5.83 Å². The summed E-state index contributed by atoms with van der Waals surface area (Å²) in [5.74, 6) is 1.32. The van der Waals surface area contributed by atoms with Gasteiger partial charge in [-0.1, -0.05) is 90.0 Å². The summed E-state index contributed by atoms with van der Waals surface area (Å²) in [5.41, 5.74) is 2.66. The lowest BCUT2D eigenvalue weighted by Gasteiger charge is -2.35. The Morgan fingerprint density at radius 3 is 1.96 bits per heavy atom. The van der Waals surface area contributed by atoms with E-state index in [0.29, 0.717) is 11.8 Å². The minimum Gasteiger partial charge on any atom is -0.207 e. The zero-order valence-corrected chi connectivity index (χ0v) is 17.6. The van der Waals surface area contributed by atoms with Crippen LogP contribution in [0.1, 0.15) is 123 Å². The second kappa shape index (κ2) is 12.7. The molecule has 0 radical (unpaired) electrons. The van der Waals surface area contributed by atoms with E-state index in [9.17, 15) is 0 Å². The first-order chi connectivity index (χ1) is 12.8. The van der Waals surface area contributed by atoms with Crippen LogP contribution < -0.4 is 0 Å². The molecule has 2 aliphatic carbocycles. The highest BCUT2D eigenvalue weighted by molar-refractivity contribution is 5.34. The lowest BCUT2D eigenvalue weighted by Crippen LogP contribution is -2.23. The van der Waals surface area contributed by atoms with Crippen molar-refractivity contribution in [1.29, 1.82) is 0 Å². The number of unbranched alkanes of at least 4 members (excludes halogenated alkanes) is 6. The van der Waals surface area contributed by atoms with Gasteiger partial charge >= 0.3 is 0 Å². The first-order valence-electron chi connectivity index (χ1n) is 11.9. The van der Waals surface area contributed by atoms with Crippen molar-refractivity contribution in [2.75, 3.05) is 0 Å². The van der Waals surface area contributed by atoms with E-state index in [0.717, 1.165) is 12.8 Å². The number of halogens is 1. The van der Waals surface area contributed by atoms with Crippen molar-refractivity contribution in [2.45, 2.75) is 123 Å². The second-order valence-corrected chi connectivity index (χ2v) is 8.77. The fraction of sp³-hybridized carbons (Fsp3) is 0.840. The standard InChI is InChI=1S/C25H43F/c1-3-5-7-12-16-21-20-25(26)24(19-13-8-6-4-2)23-18-15-11-9-10-14-17-22(21)23/h20,22-23H,3-19H2,1-2H3. The highest BCUT2D eigenvalue weighted by atomic mass is 19.1. The highest BCUT2D eigenvalue weighted by Gasteiger charge is 2.32. The largest absolute Gasteiger partial charge is 0.207 e. The van der Waals surface area contributed by atoms with E-state index < -0.39 is 0 Å². The van der Waals surface area contributed by atoms with Crippen LogP contribution in [0.15, 0.2) is 23.0 Å². The molecule has 0 N–H and O–H groups in total. The molecule has 0 heterocycles. The van der Waals surface area contributed by atoms with Crippen molar-refractivity contribution >= 4 is 0 Å². The molecule has 1 heteroatoms. The Labute approximate surface area is 162 Å². The van der Waals surface area contributed by atoms with Crippen LogP contribution in [0, 0.1) is 11.8 Å². The Balaban J connectivity index is 2.10. The number of hydrogen-bond donors (Lipinski definition) is 0. The maximum atomic E-state index is 15.1. The van der Waals surface area contributed by atoms with Gasteiger partial charge < -0.3 is 0 Å². The lowest BCUT2D eigenvalue weighted by atomic mass is 9.70. The third kappa shape index (κ3) is 6.86. The molecule has 2 atom stereocenters. The van der Waals surface area contributed by atoms with Crippen molar-refractivity contribution in [3.8, 4) is 0 Å². The topological polar surface area (TPSA) is 0 Å². The van der Waals surface area contributed by atoms with Crippen molar-refractivity contribution in [1.82, 2.24) is 0 Å². The second-order valence-electron chi connectivity index (χ2n) is 8.77. The first-order valence-corrected chi connectivity index (χ1v) is 11.9. The first kappa shape index (κ1) is 21.7. The van der Waals surface area contributed by atoms with Gasteiger partial charge in [0, 0.05) is 0 Å². The molecule has 1 fully saturated rings. The van der Waals surface area contributed by atoms with Gasteiger partial charge in [-0.2, -0.15) is 0 Å². The Hall–Kier alpha value is -0.590. The molecule has 0 nitrogen and oxygen atoms in total. The summed E-state index contributed by atoms with van der Waals surface area (Å²) in [4.78, 5) is 0. The molecule has 2 rings (SSSR count). The summed E-state index contributed by atoms with van der Waals surface area (Å²) in [7, 11) is 0. The molecule has 0 amide bonds. The van der Waals surface area contributed by atoms with Crippen LogP contribution in [0.4, 0.5) is 4.39 Å². The maximum Gasteiger partial charge on any atom is 0.122 e. The lowest BCUT2D eigenvalue weighted by molar-refractivity contribution is 0.338. The predicted molar refractivity (Wildman–Crippen MR) is 113 cm³/mol. The summed E-state index contributed by atoms with van der Waals surface area (Å²) in [6.07, 6.45) is 23.6. The smallest absolute Gasteiger partial charge is 0.122 e. The Morgan fingerprint density at radius 2 is 1.31 bits per heavy atom. The molecule has 150 valence electrons. The van der Waals surface area contributed by atoms with E-state index in [1.165, 1.54) is 107 Å². The number of allylic oxidation sites excluding steroid dienone is 4. The Morgan fingerprint density at radius 1 is 0.731 bits per heavy atom. The number of hydrogen-bond acceptors (Lipinski definition) is 0. The van der Waals surface area contributed by atoms with Gasteiger partial charge in [-0.3, -0.25) is 0 Å². The highest BCUT2D eigenvalue weighted by Crippen LogP contribution is 2.45. The third-order valence-corrected chi connectivity index (χ3v) is 6.68. The van der Waals surface area contributed by atoms with E-state index in [2.05, 4.69) is 13.8 Å². The SMILES string of the molecule is CCCCCCC1=CC(F)=C(CCCCCC)C2CCCCCCCC12. The van der Waals surface area contributed by atoms with E-state index in [4.69, 9.17) is 0 Å². The van der Waals surface area contributed by atoms with Crippen molar-refractivity contribution < 1.29 is 4.39 Å². The summed E-state index contributed by atoms with van der Waals surface area (Å²) in [6.45, 7) is 4.52. The van der Waals surface area contributed by atoms with Crippen LogP contribution in [0.25, 0.3) is 0 Å². The van der Waals surface area contributed by atoms with Gasteiger partial charge in [-0.15, -0.1) is 0 Å². The number of fused-ring (bicyclic) bond motifs is 1. The molecule has 0 aromatic rings. The molecule has 0 bridgehead atoms. The molecule has 1 saturated carbocycles. The molecule has 0 spiro atoms. The quantitative estimate of drug-likeness (QED) is 0.340. The van der Waals surface area contributed by atoms with Crippen LogP contribution in [0.3, 0.4) is 0 Å². The minimum atomic E-state index is 0.160. The van der Waals surface area contributed by atoms with E-state index in [1.54, 1.807) is 0 Å². The molecular weight excluding hydrogens is 319 g/mol. The van der Waals surface area contributed by atoms with E-state index >= 15 is 4.39 Å². The molecule has 0 aromatic heterocycles. The molecule has 0 saturated heterocycles. The average molecular weight is 363 g/mol. The fourth-order valence-corrected chi connectivity index (χ4v) is 5.12. The van der Waals surface area contributed by atoms with Crippen LogP contribution >= 0.6 is 0 Å². The van der Waals surface area contributed by atoms with Gasteiger partial charge in [0.1, 0.15) is 5.83 Å². The molecule has 2 aliphatic rings. The van der Waals surface area contributed by atoms with Gasteiger partial charge in [0.2, 0.25) is 0 Å². The third-order valence-electron chi connectivity index (χ3n) is 6.68. The zero-order valence-electron chi connectivity index (χ0n) is 17.6. The van der Waals surface area contributed by atoms with Gasteiger partial charge in [0.25, 0.3) is 0 Å². The Bertz CT molecular complexity index is 445. The van der Waals surface area contributed by atoms with Crippen LogP contribution in [-0.4, -0.2) is 0 Å². The van der Waals surface area contributed by atoms with Crippen molar-refractivity contribution in [3.63, 3.8) is 0 Å². The summed E-state index contributed by atoms with van der Waals surface area (Å²) in [6, 6.07) is 0. The molecule has 0 aromatic carbocycles. The summed E-state index contributed by atoms with van der Waals surface area (Å²) in [5, 5.41) is 0. The molecular formula is C25H43F. The molecule has 2 unspecified atom stereocenters. The van der Waals surface area contributed by atoms with Gasteiger partial charge in [-0.05, 0) is 62.0 Å². The van der Waals surface area contributed by atoms with Crippen molar-refractivity contribution in [3.05, 3.63) is 23.0 Å². The van der Waals surface area contributed by atoms with Crippen LogP contribution in [-0.2, 0) is 0 Å². The van der Waals surface area contributed by atoms with Gasteiger partial charge in [0.15, 0.2) is 0 Å². The zero-order chi connectivity index (χ0) is 18.6. The fourth-order valence-electron chi connectivity index (χ4n) is 5.12. The minimum absolute atomic E-state index is 0.160. The summed E-state index contributed by atoms with van der Waals surface area (Å²) < 4.78 is 15.1. The maximum absolute atomic E-state index is 15.1. The predicted octanol–water partition coefficient (Wildman–Crippen LogP) is 9.07. The molecule has 26 heavy (non-hydrogen) atoms. The summed E-state index contributed by atoms with van der Waals surface area (Å²) >= 11 is 0. The monoisotopic (exact) mass is 362 g/mol.